The lowest BCUT2D eigenvalue weighted by atomic mass is 10.4. The standard InChI is InChI=1S/C11H16N2O2/c1-15-11(14)10-3-2-7-13(10)8-6-12-9-4-5-9/h2-3,7,9,12H,4-6,8H2,1H3. The van der Waals surface area contributed by atoms with Gasteiger partial charge in [-0.1, -0.05) is 0 Å². The Morgan fingerprint density at radius 2 is 2.47 bits per heavy atom. The van der Waals surface area contributed by atoms with Crippen molar-refractivity contribution in [1.29, 1.82) is 0 Å². The number of ether oxygens (including phenoxy) is 1. The van der Waals surface area contributed by atoms with Crippen LogP contribution in [-0.2, 0) is 11.3 Å². The summed E-state index contributed by atoms with van der Waals surface area (Å²) >= 11 is 0. The fourth-order valence-electron chi connectivity index (χ4n) is 1.58. The van der Waals surface area contributed by atoms with E-state index < -0.39 is 0 Å². The second-order valence-corrected chi connectivity index (χ2v) is 3.81. The molecule has 0 bridgehead atoms. The fraction of sp³-hybridized carbons (Fsp3) is 0.545. The summed E-state index contributed by atoms with van der Waals surface area (Å²) in [4.78, 5) is 11.3. The zero-order chi connectivity index (χ0) is 10.7. The van der Waals surface area contributed by atoms with Crippen LogP contribution in [-0.4, -0.2) is 30.2 Å². The van der Waals surface area contributed by atoms with E-state index in [4.69, 9.17) is 4.74 Å². The lowest BCUT2D eigenvalue weighted by Gasteiger charge is -2.08. The third-order valence-electron chi connectivity index (χ3n) is 2.59. The number of esters is 1. The summed E-state index contributed by atoms with van der Waals surface area (Å²) < 4.78 is 6.61. The highest BCUT2D eigenvalue weighted by atomic mass is 16.5. The summed E-state index contributed by atoms with van der Waals surface area (Å²) in [6.07, 6.45) is 4.48. The Kier molecular flexibility index (Phi) is 3.06. The monoisotopic (exact) mass is 208 g/mol. The molecular formula is C11H16N2O2. The van der Waals surface area contributed by atoms with Crippen molar-refractivity contribution in [2.24, 2.45) is 0 Å². The average Bonchev–Trinajstić information content (AvgIpc) is 2.95. The van der Waals surface area contributed by atoms with Crippen LogP contribution in [0, 0.1) is 0 Å². The smallest absolute Gasteiger partial charge is 0.354 e. The van der Waals surface area contributed by atoms with Crippen molar-refractivity contribution in [3.63, 3.8) is 0 Å². The van der Waals surface area contributed by atoms with E-state index >= 15 is 0 Å². The Bertz CT molecular complexity index is 342. The first kappa shape index (κ1) is 10.2. The highest BCUT2D eigenvalue weighted by molar-refractivity contribution is 5.87. The van der Waals surface area contributed by atoms with Gasteiger partial charge in [0.1, 0.15) is 5.69 Å². The minimum absolute atomic E-state index is 0.272. The minimum Gasteiger partial charge on any atom is -0.464 e. The van der Waals surface area contributed by atoms with E-state index in [0.29, 0.717) is 11.7 Å². The van der Waals surface area contributed by atoms with Crippen LogP contribution in [0.1, 0.15) is 23.3 Å². The van der Waals surface area contributed by atoms with E-state index in [1.54, 1.807) is 6.07 Å². The Balaban J connectivity index is 1.88. The molecule has 1 fully saturated rings. The number of nitrogens with zero attached hydrogens (tertiary/aromatic N) is 1. The number of nitrogens with one attached hydrogen (secondary N) is 1. The number of aromatic nitrogens is 1. The third kappa shape index (κ3) is 2.59. The lowest BCUT2D eigenvalue weighted by Crippen LogP contribution is -2.23. The molecule has 4 nitrogen and oxygen atoms in total. The summed E-state index contributed by atoms with van der Waals surface area (Å²) in [6, 6.07) is 4.36. The van der Waals surface area contributed by atoms with Crippen LogP contribution in [0.3, 0.4) is 0 Å². The van der Waals surface area contributed by atoms with Crippen molar-refractivity contribution < 1.29 is 9.53 Å². The number of methoxy groups -OCH3 is 1. The molecule has 15 heavy (non-hydrogen) atoms. The summed E-state index contributed by atoms with van der Waals surface area (Å²) in [5.74, 6) is -0.272. The molecule has 0 atom stereocenters. The van der Waals surface area contributed by atoms with Crippen LogP contribution in [0.5, 0.6) is 0 Å². The van der Waals surface area contributed by atoms with Crippen LogP contribution < -0.4 is 5.32 Å². The third-order valence-corrected chi connectivity index (χ3v) is 2.59. The van der Waals surface area contributed by atoms with Gasteiger partial charge in [-0.05, 0) is 25.0 Å². The van der Waals surface area contributed by atoms with Gasteiger partial charge in [-0.15, -0.1) is 0 Å². The molecule has 0 radical (unpaired) electrons. The molecule has 1 aliphatic rings. The van der Waals surface area contributed by atoms with Gasteiger partial charge in [0.05, 0.1) is 7.11 Å². The van der Waals surface area contributed by atoms with E-state index in [2.05, 4.69) is 5.32 Å². The molecule has 1 aromatic rings. The lowest BCUT2D eigenvalue weighted by molar-refractivity contribution is 0.0588. The first-order valence-corrected chi connectivity index (χ1v) is 5.28. The fourth-order valence-corrected chi connectivity index (χ4v) is 1.58. The van der Waals surface area contributed by atoms with Gasteiger partial charge < -0.3 is 14.6 Å². The summed E-state index contributed by atoms with van der Waals surface area (Å²) in [6.45, 7) is 1.72. The SMILES string of the molecule is COC(=O)c1cccn1CCNC1CC1. The number of carbonyl (C=O) groups is 1. The van der Waals surface area contributed by atoms with E-state index in [1.807, 2.05) is 16.8 Å². The molecule has 0 saturated heterocycles. The summed E-state index contributed by atoms with van der Waals surface area (Å²) in [5, 5.41) is 3.41. The number of hydrogen-bond acceptors (Lipinski definition) is 3. The molecule has 0 aliphatic heterocycles. The molecule has 4 heteroatoms. The van der Waals surface area contributed by atoms with Gasteiger partial charge in [0.25, 0.3) is 0 Å². The molecular weight excluding hydrogens is 192 g/mol. The molecule has 0 unspecified atom stereocenters. The van der Waals surface area contributed by atoms with Crippen molar-refractivity contribution in [2.75, 3.05) is 13.7 Å². The second kappa shape index (κ2) is 4.49. The van der Waals surface area contributed by atoms with Crippen LogP contribution >= 0.6 is 0 Å². The van der Waals surface area contributed by atoms with E-state index in [9.17, 15) is 4.79 Å². The van der Waals surface area contributed by atoms with Crippen LogP contribution in [0.4, 0.5) is 0 Å². The Labute approximate surface area is 89.2 Å². The van der Waals surface area contributed by atoms with Crippen molar-refractivity contribution in [3.8, 4) is 0 Å². The van der Waals surface area contributed by atoms with Gasteiger partial charge in [0.15, 0.2) is 0 Å². The molecule has 1 saturated carbocycles. The first-order valence-electron chi connectivity index (χ1n) is 5.28. The van der Waals surface area contributed by atoms with Gasteiger partial charge in [0.2, 0.25) is 0 Å². The van der Waals surface area contributed by atoms with Crippen LogP contribution in [0.25, 0.3) is 0 Å². The molecule has 1 heterocycles. The van der Waals surface area contributed by atoms with Crippen molar-refractivity contribution in [3.05, 3.63) is 24.0 Å². The Hall–Kier alpha value is -1.29. The zero-order valence-corrected chi connectivity index (χ0v) is 8.90. The quantitative estimate of drug-likeness (QED) is 0.735. The molecule has 1 aromatic heterocycles. The van der Waals surface area contributed by atoms with Gasteiger partial charge in [-0.25, -0.2) is 4.79 Å². The zero-order valence-electron chi connectivity index (χ0n) is 8.90. The van der Waals surface area contributed by atoms with E-state index in [0.717, 1.165) is 13.1 Å². The molecule has 1 N–H and O–H groups in total. The number of hydrogen-bond donors (Lipinski definition) is 1. The molecule has 1 aliphatic carbocycles. The first-order chi connectivity index (χ1) is 7.31. The minimum atomic E-state index is -0.272. The van der Waals surface area contributed by atoms with Crippen molar-refractivity contribution in [1.82, 2.24) is 9.88 Å². The number of carbonyl (C=O) groups excluding carboxylic acids is 1. The van der Waals surface area contributed by atoms with Crippen molar-refractivity contribution in [2.45, 2.75) is 25.4 Å². The van der Waals surface area contributed by atoms with E-state index in [-0.39, 0.29) is 5.97 Å². The predicted octanol–water partition coefficient (Wildman–Crippen LogP) is 1.03. The second-order valence-electron chi connectivity index (χ2n) is 3.81. The molecule has 82 valence electrons. The molecule has 0 aromatic carbocycles. The molecule has 0 amide bonds. The largest absolute Gasteiger partial charge is 0.464 e. The maximum absolute atomic E-state index is 11.3. The maximum Gasteiger partial charge on any atom is 0.354 e. The highest BCUT2D eigenvalue weighted by Crippen LogP contribution is 2.18. The molecule has 0 spiro atoms. The normalized spacial score (nSPS) is 15.3. The van der Waals surface area contributed by atoms with Gasteiger partial charge in [-0.3, -0.25) is 0 Å². The molecule has 2 rings (SSSR count). The van der Waals surface area contributed by atoms with Gasteiger partial charge >= 0.3 is 5.97 Å². The number of rotatable bonds is 5. The predicted molar refractivity (Wildman–Crippen MR) is 56.8 cm³/mol. The van der Waals surface area contributed by atoms with Gasteiger partial charge in [-0.2, -0.15) is 0 Å². The summed E-state index contributed by atoms with van der Waals surface area (Å²) in [7, 11) is 1.40. The highest BCUT2D eigenvalue weighted by Gasteiger charge is 2.20. The summed E-state index contributed by atoms with van der Waals surface area (Å²) in [5.41, 5.74) is 0.620. The van der Waals surface area contributed by atoms with Crippen LogP contribution in [0.15, 0.2) is 18.3 Å². The van der Waals surface area contributed by atoms with E-state index in [1.165, 1.54) is 20.0 Å². The van der Waals surface area contributed by atoms with Crippen molar-refractivity contribution >= 4 is 5.97 Å². The van der Waals surface area contributed by atoms with Crippen LogP contribution in [0.2, 0.25) is 0 Å². The van der Waals surface area contributed by atoms with Gasteiger partial charge in [0, 0.05) is 25.3 Å². The average molecular weight is 208 g/mol. The Morgan fingerprint density at radius 1 is 1.67 bits per heavy atom. The topological polar surface area (TPSA) is 43.3 Å². The maximum atomic E-state index is 11.3. The Morgan fingerprint density at radius 3 is 3.13 bits per heavy atom.